The number of amides is 2. The van der Waals surface area contributed by atoms with E-state index in [4.69, 9.17) is 0 Å². The topological polar surface area (TPSA) is 71.1 Å². The molecule has 1 aromatic carbocycles. The van der Waals surface area contributed by atoms with Crippen molar-refractivity contribution in [1.29, 1.82) is 0 Å². The van der Waals surface area contributed by atoms with Crippen molar-refractivity contribution in [3.05, 3.63) is 23.8 Å². The highest BCUT2D eigenvalue weighted by molar-refractivity contribution is 7.85. The molecule has 0 radical (unpaired) electrons. The van der Waals surface area contributed by atoms with Crippen LogP contribution in [0.15, 0.2) is 18.2 Å². The Balaban J connectivity index is 1.66. The van der Waals surface area contributed by atoms with Crippen molar-refractivity contribution in [2.24, 2.45) is 0 Å². The molecule has 1 aliphatic rings. The molecular weight excluding hydrogens is 306 g/mol. The lowest BCUT2D eigenvalue weighted by Crippen LogP contribution is -2.38. The van der Waals surface area contributed by atoms with Crippen LogP contribution in [0.3, 0.4) is 0 Å². The number of rotatable bonds is 3. The van der Waals surface area contributed by atoms with Gasteiger partial charge in [0.25, 0.3) is 0 Å². The molecule has 0 bridgehead atoms. The van der Waals surface area contributed by atoms with Gasteiger partial charge < -0.3 is 5.32 Å². The first-order valence-electron chi connectivity index (χ1n) is 6.96. The van der Waals surface area contributed by atoms with Crippen molar-refractivity contribution < 1.29 is 9.00 Å². The Morgan fingerprint density at radius 1 is 1.52 bits per heavy atom. The number of fused-ring (bicyclic) bond motifs is 1. The molecule has 0 aliphatic carbocycles. The Bertz CT molecular complexity index is 699. The number of thiazole rings is 1. The summed E-state index contributed by atoms with van der Waals surface area (Å²) in [7, 11) is -0.788. The molecule has 1 fully saturated rings. The number of aromatic nitrogens is 1. The third-order valence-corrected chi connectivity index (χ3v) is 5.90. The second-order valence-electron chi connectivity index (χ2n) is 5.07. The summed E-state index contributed by atoms with van der Waals surface area (Å²) in [5.74, 6) is 1.22. The van der Waals surface area contributed by atoms with Crippen LogP contribution in [-0.4, -0.2) is 32.8 Å². The smallest absolute Gasteiger partial charge is 0.321 e. The first-order chi connectivity index (χ1) is 10.1. The SMILES string of the molecule is CCc1ccc2nc(NC(=O)N[C@@H]3CC[S@](=O)C3)sc2c1. The van der Waals surface area contributed by atoms with E-state index in [-0.39, 0.29) is 12.1 Å². The van der Waals surface area contributed by atoms with Crippen LogP contribution in [0.1, 0.15) is 18.9 Å². The molecule has 1 saturated heterocycles. The van der Waals surface area contributed by atoms with Gasteiger partial charge in [0.05, 0.1) is 10.2 Å². The number of anilines is 1. The maximum absolute atomic E-state index is 11.9. The monoisotopic (exact) mass is 323 g/mol. The van der Waals surface area contributed by atoms with Crippen LogP contribution >= 0.6 is 11.3 Å². The van der Waals surface area contributed by atoms with Gasteiger partial charge in [0.15, 0.2) is 5.13 Å². The average Bonchev–Trinajstić information content (AvgIpc) is 3.03. The van der Waals surface area contributed by atoms with Crippen molar-refractivity contribution in [2.45, 2.75) is 25.8 Å². The van der Waals surface area contributed by atoms with Gasteiger partial charge in [0, 0.05) is 28.3 Å². The molecule has 1 aromatic heterocycles. The fraction of sp³-hybridized carbons (Fsp3) is 0.429. The van der Waals surface area contributed by atoms with Crippen LogP contribution < -0.4 is 10.6 Å². The molecule has 2 amide bonds. The third kappa shape index (κ3) is 3.41. The van der Waals surface area contributed by atoms with Crippen molar-refractivity contribution in [2.75, 3.05) is 16.8 Å². The summed E-state index contributed by atoms with van der Waals surface area (Å²) in [5, 5.41) is 6.21. The first kappa shape index (κ1) is 14.5. The Labute approximate surface area is 129 Å². The number of nitrogens with one attached hydrogen (secondary N) is 2. The highest BCUT2D eigenvalue weighted by Crippen LogP contribution is 2.27. The van der Waals surface area contributed by atoms with Crippen LogP contribution in [-0.2, 0) is 17.2 Å². The number of hydrogen-bond donors (Lipinski definition) is 2. The predicted octanol–water partition coefficient (Wildman–Crippen LogP) is 2.50. The standard InChI is InChI=1S/C14H17N3O2S2/c1-2-9-3-4-11-12(7-9)20-14(16-11)17-13(18)15-10-5-6-21(19)8-10/h3-4,7,10H,2,5-6,8H2,1H3,(H2,15,16,17,18)/t10-,21+/m1/s1. The van der Waals surface area contributed by atoms with Gasteiger partial charge in [-0.05, 0) is 30.5 Å². The van der Waals surface area contributed by atoms with E-state index < -0.39 is 10.8 Å². The molecule has 2 N–H and O–H groups in total. The normalized spacial score (nSPS) is 21.6. The molecule has 21 heavy (non-hydrogen) atoms. The summed E-state index contributed by atoms with van der Waals surface area (Å²) >= 11 is 1.47. The molecule has 3 rings (SSSR count). The van der Waals surface area contributed by atoms with E-state index in [1.807, 2.05) is 6.07 Å². The van der Waals surface area contributed by atoms with E-state index in [0.29, 0.717) is 16.6 Å². The zero-order valence-corrected chi connectivity index (χ0v) is 13.4. The summed E-state index contributed by atoms with van der Waals surface area (Å²) in [6.07, 6.45) is 1.76. The molecule has 2 aromatic rings. The van der Waals surface area contributed by atoms with Gasteiger partial charge in [-0.15, -0.1) is 0 Å². The lowest BCUT2D eigenvalue weighted by molar-refractivity contribution is 0.249. The molecular formula is C14H17N3O2S2. The molecule has 0 saturated carbocycles. The van der Waals surface area contributed by atoms with Gasteiger partial charge in [-0.3, -0.25) is 9.53 Å². The fourth-order valence-corrected chi connectivity index (χ4v) is 4.68. The minimum absolute atomic E-state index is 0.00639. The van der Waals surface area contributed by atoms with Crippen LogP contribution in [0.4, 0.5) is 9.93 Å². The minimum atomic E-state index is -0.788. The van der Waals surface area contributed by atoms with Crippen LogP contribution in [0.5, 0.6) is 0 Å². The van der Waals surface area contributed by atoms with Gasteiger partial charge in [-0.2, -0.15) is 0 Å². The van der Waals surface area contributed by atoms with E-state index in [0.717, 1.165) is 23.1 Å². The molecule has 7 heteroatoms. The second-order valence-corrected chi connectivity index (χ2v) is 7.72. The molecule has 0 spiro atoms. The van der Waals surface area contributed by atoms with E-state index in [2.05, 4.69) is 34.7 Å². The van der Waals surface area contributed by atoms with E-state index >= 15 is 0 Å². The minimum Gasteiger partial charge on any atom is -0.334 e. The Morgan fingerprint density at radius 2 is 2.38 bits per heavy atom. The summed E-state index contributed by atoms with van der Waals surface area (Å²) in [6, 6.07) is 5.88. The maximum atomic E-state index is 11.9. The molecule has 5 nitrogen and oxygen atoms in total. The van der Waals surface area contributed by atoms with Crippen LogP contribution in [0.25, 0.3) is 10.2 Å². The van der Waals surface area contributed by atoms with Crippen molar-refractivity contribution in [3.63, 3.8) is 0 Å². The van der Waals surface area contributed by atoms with E-state index in [9.17, 15) is 9.00 Å². The summed E-state index contributed by atoms with van der Waals surface area (Å²) in [5.41, 5.74) is 2.16. The fourth-order valence-electron chi connectivity index (χ4n) is 2.34. The van der Waals surface area contributed by atoms with Gasteiger partial charge in [0.2, 0.25) is 0 Å². The summed E-state index contributed by atoms with van der Waals surface area (Å²) < 4.78 is 12.4. The number of carbonyl (C=O) groups is 1. The van der Waals surface area contributed by atoms with Crippen molar-refractivity contribution >= 4 is 43.5 Å². The largest absolute Gasteiger partial charge is 0.334 e. The van der Waals surface area contributed by atoms with E-state index in [1.54, 1.807) is 0 Å². The Kier molecular flexibility index (Phi) is 4.21. The van der Waals surface area contributed by atoms with Crippen molar-refractivity contribution in [3.8, 4) is 0 Å². The summed E-state index contributed by atoms with van der Waals surface area (Å²) in [4.78, 5) is 16.3. The molecule has 112 valence electrons. The van der Waals surface area contributed by atoms with E-state index in [1.165, 1.54) is 16.9 Å². The van der Waals surface area contributed by atoms with Gasteiger partial charge >= 0.3 is 6.03 Å². The van der Waals surface area contributed by atoms with Crippen molar-refractivity contribution in [1.82, 2.24) is 10.3 Å². The number of nitrogens with zero attached hydrogens (tertiary/aromatic N) is 1. The van der Waals surface area contributed by atoms with Crippen LogP contribution in [0, 0.1) is 0 Å². The summed E-state index contributed by atoms with van der Waals surface area (Å²) in [6.45, 7) is 2.11. The number of carbonyl (C=O) groups excluding carboxylic acids is 1. The Hall–Kier alpha value is -1.47. The van der Waals surface area contributed by atoms with Gasteiger partial charge in [-0.1, -0.05) is 24.3 Å². The zero-order chi connectivity index (χ0) is 14.8. The molecule has 1 aliphatic heterocycles. The Morgan fingerprint density at radius 3 is 3.10 bits per heavy atom. The highest BCUT2D eigenvalue weighted by Gasteiger charge is 2.22. The van der Waals surface area contributed by atoms with Crippen LogP contribution in [0.2, 0.25) is 0 Å². The van der Waals surface area contributed by atoms with Gasteiger partial charge in [0.1, 0.15) is 0 Å². The molecule has 2 heterocycles. The molecule has 2 atom stereocenters. The molecule has 0 unspecified atom stereocenters. The highest BCUT2D eigenvalue weighted by atomic mass is 32.2. The lowest BCUT2D eigenvalue weighted by Gasteiger charge is -2.10. The number of urea groups is 1. The predicted molar refractivity (Wildman–Crippen MR) is 87.4 cm³/mol. The lowest BCUT2D eigenvalue weighted by atomic mass is 10.2. The maximum Gasteiger partial charge on any atom is 0.321 e. The zero-order valence-electron chi connectivity index (χ0n) is 11.7. The average molecular weight is 323 g/mol. The number of aryl methyl sites for hydroxylation is 1. The second kappa shape index (κ2) is 6.11. The number of benzene rings is 1. The quantitative estimate of drug-likeness (QED) is 0.911. The first-order valence-corrected chi connectivity index (χ1v) is 9.26. The van der Waals surface area contributed by atoms with Gasteiger partial charge in [-0.25, -0.2) is 9.78 Å². The number of hydrogen-bond acceptors (Lipinski definition) is 4. The third-order valence-electron chi connectivity index (χ3n) is 3.50.